The van der Waals surface area contributed by atoms with Crippen molar-refractivity contribution in [2.75, 3.05) is 6.54 Å². The van der Waals surface area contributed by atoms with Gasteiger partial charge in [0.2, 0.25) is 0 Å². The van der Waals surface area contributed by atoms with E-state index in [0.29, 0.717) is 17.7 Å². The molecule has 1 fully saturated rings. The van der Waals surface area contributed by atoms with Crippen molar-refractivity contribution in [1.82, 2.24) is 4.90 Å². The molecule has 0 radical (unpaired) electrons. The summed E-state index contributed by atoms with van der Waals surface area (Å²) in [5.41, 5.74) is 4.19. The molecule has 0 amide bonds. The van der Waals surface area contributed by atoms with Crippen LogP contribution in [-0.4, -0.2) is 22.6 Å². The van der Waals surface area contributed by atoms with Gasteiger partial charge in [0.05, 0.1) is 12.5 Å². The van der Waals surface area contributed by atoms with Gasteiger partial charge in [-0.1, -0.05) is 19.9 Å². The van der Waals surface area contributed by atoms with E-state index in [1.165, 1.54) is 16.7 Å². The van der Waals surface area contributed by atoms with Gasteiger partial charge in [0, 0.05) is 18.2 Å². The molecule has 1 aromatic heterocycles. The topological polar surface area (TPSA) is 36.6 Å². The molecule has 2 bridgehead atoms. The third kappa shape index (κ3) is 1.99. The van der Waals surface area contributed by atoms with Gasteiger partial charge in [-0.25, -0.2) is 0 Å². The van der Waals surface area contributed by atoms with Crippen molar-refractivity contribution >= 4 is 0 Å². The molecule has 116 valence electrons. The minimum atomic E-state index is 0.171. The molecule has 1 aliphatic heterocycles. The largest absolute Gasteiger partial charge is 0.508 e. The van der Waals surface area contributed by atoms with Crippen LogP contribution >= 0.6 is 0 Å². The standard InChI is InChI=1S/C19H23NO2/c1-13-18-9-15-3-4-16(21)10-17(15)19(13,2)6-7-20(18)11-14-5-8-22-12-14/h3-5,8,10,12-13,18,21H,6-7,9,11H2,1-2H3/t13-,18+,19+/m0/s1. The van der Waals surface area contributed by atoms with Gasteiger partial charge in [-0.15, -0.1) is 0 Å². The Morgan fingerprint density at radius 3 is 3.00 bits per heavy atom. The van der Waals surface area contributed by atoms with E-state index in [9.17, 15) is 5.11 Å². The minimum Gasteiger partial charge on any atom is -0.508 e. The van der Waals surface area contributed by atoms with Crippen LogP contribution in [0.3, 0.4) is 0 Å². The summed E-state index contributed by atoms with van der Waals surface area (Å²) in [4.78, 5) is 2.60. The second-order valence-corrected chi connectivity index (χ2v) is 7.17. The lowest BCUT2D eigenvalue weighted by atomic mass is 9.59. The van der Waals surface area contributed by atoms with Crippen LogP contribution in [0.15, 0.2) is 41.2 Å². The Morgan fingerprint density at radius 2 is 2.23 bits per heavy atom. The smallest absolute Gasteiger partial charge is 0.115 e. The Balaban J connectivity index is 1.69. The van der Waals surface area contributed by atoms with Crippen molar-refractivity contribution in [3.8, 4) is 5.75 Å². The highest BCUT2D eigenvalue weighted by molar-refractivity contribution is 5.44. The molecule has 1 aliphatic carbocycles. The normalized spacial score (nSPS) is 31.0. The molecule has 0 unspecified atom stereocenters. The molecule has 1 aromatic carbocycles. The van der Waals surface area contributed by atoms with Crippen molar-refractivity contribution < 1.29 is 9.52 Å². The van der Waals surface area contributed by atoms with Crippen LogP contribution in [0.5, 0.6) is 5.75 Å². The molecule has 22 heavy (non-hydrogen) atoms. The second kappa shape index (κ2) is 4.88. The highest BCUT2D eigenvalue weighted by Crippen LogP contribution is 2.49. The molecule has 3 atom stereocenters. The molecular formula is C19H23NO2. The molecule has 2 heterocycles. The SMILES string of the molecule is C[C@H]1[C@H]2Cc3ccc(O)cc3[C@]1(C)CCN2Cc1ccoc1. The van der Waals surface area contributed by atoms with Gasteiger partial charge in [-0.3, -0.25) is 4.90 Å². The summed E-state index contributed by atoms with van der Waals surface area (Å²) >= 11 is 0. The number of nitrogens with zero attached hydrogens (tertiary/aromatic N) is 1. The van der Waals surface area contributed by atoms with Crippen molar-refractivity contribution in [2.45, 2.75) is 44.7 Å². The van der Waals surface area contributed by atoms with E-state index in [-0.39, 0.29) is 5.41 Å². The number of piperidine rings is 1. The van der Waals surface area contributed by atoms with Crippen LogP contribution < -0.4 is 0 Å². The van der Waals surface area contributed by atoms with Gasteiger partial charge in [-0.05, 0) is 60.0 Å². The second-order valence-electron chi connectivity index (χ2n) is 7.17. The van der Waals surface area contributed by atoms with Gasteiger partial charge >= 0.3 is 0 Å². The van der Waals surface area contributed by atoms with E-state index in [4.69, 9.17) is 4.42 Å². The Morgan fingerprint density at radius 1 is 1.36 bits per heavy atom. The average Bonchev–Trinajstić information content (AvgIpc) is 3.00. The first-order chi connectivity index (χ1) is 10.6. The number of hydrogen-bond donors (Lipinski definition) is 1. The van der Waals surface area contributed by atoms with Gasteiger partial charge in [-0.2, -0.15) is 0 Å². The maximum absolute atomic E-state index is 9.89. The first-order valence-corrected chi connectivity index (χ1v) is 8.15. The molecule has 4 rings (SSSR count). The van der Waals surface area contributed by atoms with Crippen LogP contribution in [0.1, 0.15) is 37.0 Å². The van der Waals surface area contributed by atoms with Crippen molar-refractivity contribution in [3.05, 3.63) is 53.5 Å². The van der Waals surface area contributed by atoms with Crippen LogP contribution in [0.25, 0.3) is 0 Å². The lowest BCUT2D eigenvalue weighted by Crippen LogP contribution is -2.57. The van der Waals surface area contributed by atoms with Gasteiger partial charge in [0.25, 0.3) is 0 Å². The molecule has 2 aliphatic rings. The summed E-state index contributed by atoms with van der Waals surface area (Å²) in [6.45, 7) is 6.82. The van der Waals surface area contributed by atoms with E-state index in [0.717, 1.165) is 25.9 Å². The van der Waals surface area contributed by atoms with Crippen LogP contribution in [0.2, 0.25) is 0 Å². The number of phenolic OH excluding ortho intramolecular Hbond substituents is 1. The van der Waals surface area contributed by atoms with E-state index >= 15 is 0 Å². The first-order valence-electron chi connectivity index (χ1n) is 8.15. The predicted octanol–water partition coefficient (Wildman–Crippen LogP) is 3.71. The highest BCUT2D eigenvalue weighted by Gasteiger charge is 2.48. The fourth-order valence-corrected chi connectivity index (χ4v) is 4.51. The third-order valence-electron chi connectivity index (χ3n) is 6.07. The molecule has 0 spiro atoms. The summed E-state index contributed by atoms with van der Waals surface area (Å²) in [5.74, 6) is 0.980. The highest BCUT2D eigenvalue weighted by atomic mass is 16.3. The number of rotatable bonds is 2. The van der Waals surface area contributed by atoms with E-state index in [1.54, 1.807) is 6.26 Å². The molecule has 2 aromatic rings. The lowest BCUT2D eigenvalue weighted by molar-refractivity contribution is 0.0257. The van der Waals surface area contributed by atoms with Crippen LogP contribution in [0.4, 0.5) is 0 Å². The number of likely N-dealkylation sites (tertiary alicyclic amines) is 1. The molecule has 1 saturated heterocycles. The zero-order valence-electron chi connectivity index (χ0n) is 13.2. The Bertz CT molecular complexity index is 679. The Hall–Kier alpha value is -1.74. The van der Waals surface area contributed by atoms with Gasteiger partial charge in [0.15, 0.2) is 0 Å². The van der Waals surface area contributed by atoms with Gasteiger partial charge < -0.3 is 9.52 Å². The Kier molecular flexibility index (Phi) is 3.08. The van der Waals surface area contributed by atoms with Crippen LogP contribution in [0, 0.1) is 5.92 Å². The molecule has 3 nitrogen and oxygen atoms in total. The zero-order chi connectivity index (χ0) is 15.3. The monoisotopic (exact) mass is 297 g/mol. The quantitative estimate of drug-likeness (QED) is 0.918. The maximum Gasteiger partial charge on any atom is 0.115 e. The number of hydrogen-bond acceptors (Lipinski definition) is 3. The van der Waals surface area contributed by atoms with Crippen molar-refractivity contribution in [2.24, 2.45) is 5.92 Å². The number of phenols is 1. The molecule has 0 saturated carbocycles. The number of furan rings is 1. The summed E-state index contributed by atoms with van der Waals surface area (Å²) in [7, 11) is 0. The zero-order valence-corrected chi connectivity index (χ0v) is 13.2. The summed E-state index contributed by atoms with van der Waals surface area (Å²) in [6.07, 6.45) is 5.82. The fraction of sp³-hybridized carbons (Fsp3) is 0.474. The minimum absolute atomic E-state index is 0.171. The summed E-state index contributed by atoms with van der Waals surface area (Å²) in [5, 5.41) is 9.89. The van der Waals surface area contributed by atoms with E-state index < -0.39 is 0 Å². The van der Waals surface area contributed by atoms with Crippen molar-refractivity contribution in [1.29, 1.82) is 0 Å². The summed E-state index contributed by atoms with van der Waals surface area (Å²) in [6, 6.07) is 8.56. The third-order valence-corrected chi connectivity index (χ3v) is 6.07. The molecular weight excluding hydrogens is 274 g/mol. The maximum atomic E-state index is 9.89. The molecule has 1 N–H and O–H groups in total. The molecule has 3 heteroatoms. The first kappa shape index (κ1) is 13.9. The van der Waals surface area contributed by atoms with E-state index in [1.807, 2.05) is 18.4 Å². The fourth-order valence-electron chi connectivity index (χ4n) is 4.51. The average molecular weight is 297 g/mol. The number of fused-ring (bicyclic) bond motifs is 4. The Labute approximate surface area is 131 Å². The number of benzene rings is 1. The summed E-state index contributed by atoms with van der Waals surface area (Å²) < 4.78 is 5.22. The number of aromatic hydroxyl groups is 1. The van der Waals surface area contributed by atoms with Crippen LogP contribution in [-0.2, 0) is 18.4 Å². The lowest BCUT2D eigenvalue weighted by Gasteiger charge is -2.54. The van der Waals surface area contributed by atoms with E-state index in [2.05, 4.69) is 30.9 Å². The van der Waals surface area contributed by atoms with Crippen molar-refractivity contribution in [3.63, 3.8) is 0 Å². The predicted molar refractivity (Wildman–Crippen MR) is 85.8 cm³/mol. The van der Waals surface area contributed by atoms with Gasteiger partial charge in [0.1, 0.15) is 5.75 Å².